The number of amides is 2. The molecule has 0 aliphatic rings. The Morgan fingerprint density at radius 1 is 1.45 bits per heavy atom. The van der Waals surface area contributed by atoms with E-state index < -0.39 is 24.3 Å². The van der Waals surface area contributed by atoms with Gasteiger partial charge in [-0.05, 0) is 31.9 Å². The van der Waals surface area contributed by atoms with E-state index in [-0.39, 0.29) is 18.3 Å². The van der Waals surface area contributed by atoms with Crippen LogP contribution >= 0.6 is 0 Å². The molecule has 2 amide bonds. The summed E-state index contributed by atoms with van der Waals surface area (Å²) in [7, 11) is 0. The summed E-state index contributed by atoms with van der Waals surface area (Å²) in [5, 5.41) is 13.4. The molecular formula is C13H18F3N3O3. The quantitative estimate of drug-likeness (QED) is 0.745. The third-order valence-electron chi connectivity index (χ3n) is 2.79. The Balaban J connectivity index is 2.72. The van der Waals surface area contributed by atoms with Crippen LogP contribution in [0.5, 0.6) is 0 Å². The van der Waals surface area contributed by atoms with Crippen molar-refractivity contribution < 1.29 is 23.1 Å². The highest BCUT2D eigenvalue weighted by atomic mass is 19.4. The average molecular weight is 321 g/mol. The van der Waals surface area contributed by atoms with Crippen LogP contribution in [0, 0.1) is 0 Å². The Hall–Kier alpha value is -2.03. The fourth-order valence-corrected chi connectivity index (χ4v) is 1.80. The number of rotatable bonds is 6. The molecule has 1 unspecified atom stereocenters. The molecule has 0 spiro atoms. The van der Waals surface area contributed by atoms with Crippen molar-refractivity contribution in [2.45, 2.75) is 38.5 Å². The van der Waals surface area contributed by atoms with Crippen LogP contribution < -0.4 is 16.2 Å². The lowest BCUT2D eigenvalue weighted by Crippen LogP contribution is -2.38. The second-order valence-electron chi connectivity index (χ2n) is 4.84. The number of halogens is 3. The van der Waals surface area contributed by atoms with Crippen LogP contribution in [0.1, 0.15) is 19.8 Å². The summed E-state index contributed by atoms with van der Waals surface area (Å²) in [5.74, 6) is 0. The number of alkyl halides is 3. The van der Waals surface area contributed by atoms with Crippen molar-refractivity contribution >= 4 is 11.7 Å². The minimum absolute atomic E-state index is 0.00548. The molecule has 0 aliphatic heterocycles. The van der Waals surface area contributed by atoms with Crippen LogP contribution in [0.25, 0.3) is 0 Å². The first-order chi connectivity index (χ1) is 10.2. The molecule has 22 heavy (non-hydrogen) atoms. The van der Waals surface area contributed by atoms with Gasteiger partial charge < -0.3 is 20.3 Å². The lowest BCUT2D eigenvalue weighted by Gasteiger charge is -2.15. The molecule has 0 fully saturated rings. The molecule has 0 bridgehead atoms. The zero-order valence-electron chi connectivity index (χ0n) is 12.0. The van der Waals surface area contributed by atoms with Crippen molar-refractivity contribution in [3.63, 3.8) is 0 Å². The van der Waals surface area contributed by atoms with E-state index >= 15 is 0 Å². The number of hydrogen-bond donors (Lipinski definition) is 3. The number of carbonyl (C=O) groups excluding carboxylic acids is 1. The number of aliphatic hydroxyl groups is 1. The molecule has 0 saturated carbocycles. The summed E-state index contributed by atoms with van der Waals surface area (Å²) in [6.45, 7) is 0.284. The normalized spacial score (nSPS) is 12.8. The predicted molar refractivity (Wildman–Crippen MR) is 74.7 cm³/mol. The highest BCUT2D eigenvalue weighted by molar-refractivity contribution is 5.89. The van der Waals surface area contributed by atoms with Gasteiger partial charge in [-0.1, -0.05) is 0 Å². The predicted octanol–water partition coefficient (Wildman–Crippen LogP) is 1.69. The number of carbonyl (C=O) groups is 1. The van der Waals surface area contributed by atoms with Gasteiger partial charge in [0.05, 0.1) is 0 Å². The zero-order chi connectivity index (χ0) is 16.8. The topological polar surface area (TPSA) is 83.4 Å². The molecule has 6 nitrogen and oxygen atoms in total. The summed E-state index contributed by atoms with van der Waals surface area (Å²) in [6, 6.07) is 1.55. The molecule has 1 rings (SSSR count). The Kier molecular flexibility index (Phi) is 6.41. The smallest absolute Gasteiger partial charge is 0.396 e. The van der Waals surface area contributed by atoms with Gasteiger partial charge in [0.25, 0.3) is 5.56 Å². The summed E-state index contributed by atoms with van der Waals surface area (Å²) < 4.78 is 37.5. The molecule has 9 heteroatoms. The third-order valence-corrected chi connectivity index (χ3v) is 2.79. The summed E-state index contributed by atoms with van der Waals surface area (Å²) >= 11 is 0. The first kappa shape index (κ1) is 18.0. The van der Waals surface area contributed by atoms with E-state index in [1.807, 2.05) is 0 Å². The lowest BCUT2D eigenvalue weighted by molar-refractivity contribution is -0.141. The van der Waals surface area contributed by atoms with E-state index in [2.05, 4.69) is 10.6 Å². The van der Waals surface area contributed by atoms with Gasteiger partial charge in [0.2, 0.25) is 0 Å². The first-order valence-corrected chi connectivity index (χ1v) is 6.67. The van der Waals surface area contributed by atoms with Crippen molar-refractivity contribution in [2.75, 3.05) is 11.9 Å². The molecule has 1 heterocycles. The number of anilines is 1. The van der Waals surface area contributed by atoms with Gasteiger partial charge in [-0.25, -0.2) is 4.79 Å². The summed E-state index contributed by atoms with van der Waals surface area (Å²) in [5.41, 5.74) is -1.17. The molecule has 124 valence electrons. The van der Waals surface area contributed by atoms with Gasteiger partial charge >= 0.3 is 12.2 Å². The number of urea groups is 1. The highest BCUT2D eigenvalue weighted by Gasteiger charge is 2.28. The second-order valence-corrected chi connectivity index (χ2v) is 4.84. The number of pyridine rings is 1. The average Bonchev–Trinajstić information content (AvgIpc) is 2.39. The molecule has 0 saturated heterocycles. The number of nitrogens with one attached hydrogen (secondary N) is 2. The number of aromatic nitrogens is 1. The van der Waals surface area contributed by atoms with E-state index in [9.17, 15) is 22.8 Å². The van der Waals surface area contributed by atoms with E-state index in [1.54, 1.807) is 6.92 Å². The van der Waals surface area contributed by atoms with Crippen LogP contribution in [-0.2, 0) is 6.54 Å². The SMILES string of the molecule is CC(CCCO)NC(=O)Nc1cccn(CC(F)(F)F)c1=O. The number of aliphatic hydroxyl groups excluding tert-OH is 1. The van der Waals surface area contributed by atoms with Crippen LogP contribution in [0.4, 0.5) is 23.7 Å². The molecule has 1 atom stereocenters. The maximum Gasteiger partial charge on any atom is 0.406 e. The number of hydrogen-bond acceptors (Lipinski definition) is 3. The van der Waals surface area contributed by atoms with E-state index in [4.69, 9.17) is 5.11 Å². The van der Waals surface area contributed by atoms with Crippen molar-refractivity contribution in [2.24, 2.45) is 0 Å². The zero-order valence-corrected chi connectivity index (χ0v) is 12.0. The van der Waals surface area contributed by atoms with Crippen molar-refractivity contribution in [3.8, 4) is 0 Å². The first-order valence-electron chi connectivity index (χ1n) is 6.67. The monoisotopic (exact) mass is 321 g/mol. The Morgan fingerprint density at radius 3 is 2.73 bits per heavy atom. The molecule has 1 aromatic rings. The minimum atomic E-state index is -4.52. The Morgan fingerprint density at radius 2 is 2.14 bits per heavy atom. The van der Waals surface area contributed by atoms with Crippen LogP contribution in [0.3, 0.4) is 0 Å². The highest BCUT2D eigenvalue weighted by Crippen LogP contribution is 2.16. The fourth-order valence-electron chi connectivity index (χ4n) is 1.80. The van der Waals surface area contributed by atoms with E-state index in [0.29, 0.717) is 17.4 Å². The van der Waals surface area contributed by atoms with Gasteiger partial charge in [-0.2, -0.15) is 13.2 Å². The van der Waals surface area contributed by atoms with Gasteiger partial charge in [0.1, 0.15) is 12.2 Å². The van der Waals surface area contributed by atoms with Crippen LogP contribution in [-0.4, -0.2) is 34.5 Å². The van der Waals surface area contributed by atoms with Crippen LogP contribution in [0.2, 0.25) is 0 Å². The van der Waals surface area contributed by atoms with Crippen molar-refractivity contribution in [1.82, 2.24) is 9.88 Å². The van der Waals surface area contributed by atoms with Gasteiger partial charge in [0.15, 0.2) is 0 Å². The standard InChI is InChI=1S/C13H18F3N3O3/c1-9(4-3-7-20)17-12(22)18-10-5-2-6-19(11(10)21)8-13(14,15)16/h2,5-6,9,20H,3-4,7-8H2,1H3,(H2,17,18,22). The molecule has 1 aromatic heterocycles. The molecule has 0 aromatic carbocycles. The molecule has 0 aliphatic carbocycles. The maximum atomic E-state index is 12.3. The van der Waals surface area contributed by atoms with Gasteiger partial charge in [0, 0.05) is 18.8 Å². The summed E-state index contributed by atoms with van der Waals surface area (Å²) in [4.78, 5) is 23.5. The molecular weight excluding hydrogens is 303 g/mol. The van der Waals surface area contributed by atoms with Gasteiger partial charge in [-0.3, -0.25) is 4.79 Å². The van der Waals surface area contributed by atoms with Crippen molar-refractivity contribution in [1.29, 1.82) is 0 Å². The number of nitrogens with zero attached hydrogens (tertiary/aromatic N) is 1. The Bertz CT molecular complexity index is 557. The van der Waals surface area contributed by atoms with Crippen molar-refractivity contribution in [3.05, 3.63) is 28.7 Å². The minimum Gasteiger partial charge on any atom is -0.396 e. The molecule has 0 radical (unpaired) electrons. The molecule has 3 N–H and O–H groups in total. The lowest BCUT2D eigenvalue weighted by atomic mass is 10.2. The van der Waals surface area contributed by atoms with Crippen LogP contribution in [0.15, 0.2) is 23.1 Å². The summed E-state index contributed by atoms with van der Waals surface area (Å²) in [6.07, 6.45) is -2.48. The largest absolute Gasteiger partial charge is 0.406 e. The van der Waals surface area contributed by atoms with E-state index in [0.717, 1.165) is 6.20 Å². The van der Waals surface area contributed by atoms with E-state index in [1.165, 1.54) is 12.1 Å². The Labute approximate surface area is 124 Å². The maximum absolute atomic E-state index is 12.3. The third kappa shape index (κ3) is 6.17. The second kappa shape index (κ2) is 7.83. The fraction of sp³-hybridized carbons (Fsp3) is 0.538. The van der Waals surface area contributed by atoms with Gasteiger partial charge in [-0.15, -0.1) is 0 Å².